The van der Waals surface area contributed by atoms with Crippen molar-refractivity contribution in [3.63, 3.8) is 0 Å². The number of fused-ring (bicyclic) bond motifs is 1. The Hall–Kier alpha value is -4.32. The predicted molar refractivity (Wildman–Crippen MR) is 125 cm³/mol. The SMILES string of the molecule is CCC(c1nc2onc(C)c2c(=O)n1Cc1ccccc1)N(CCC#N)C(=O)c1cccnc1. The number of rotatable bonds is 8. The molecule has 0 aliphatic heterocycles. The number of aromatic nitrogens is 4. The molecule has 172 valence electrons. The lowest BCUT2D eigenvalue weighted by Gasteiger charge is -2.31. The monoisotopic (exact) mass is 456 g/mol. The van der Waals surface area contributed by atoms with Crippen LogP contribution >= 0.6 is 0 Å². The second-order valence-corrected chi connectivity index (χ2v) is 7.87. The Kier molecular flexibility index (Phi) is 6.78. The first-order valence-electron chi connectivity index (χ1n) is 11.0. The molecule has 9 heteroatoms. The minimum absolute atomic E-state index is 0.134. The number of nitriles is 1. The van der Waals surface area contributed by atoms with Gasteiger partial charge >= 0.3 is 0 Å². The summed E-state index contributed by atoms with van der Waals surface area (Å²) in [5, 5.41) is 13.5. The van der Waals surface area contributed by atoms with Gasteiger partial charge < -0.3 is 9.42 Å². The lowest BCUT2D eigenvalue weighted by molar-refractivity contribution is 0.0661. The van der Waals surface area contributed by atoms with Crippen molar-refractivity contribution in [2.45, 2.75) is 39.3 Å². The molecule has 0 aliphatic rings. The summed E-state index contributed by atoms with van der Waals surface area (Å²) in [6.07, 6.45) is 3.68. The summed E-state index contributed by atoms with van der Waals surface area (Å²) >= 11 is 0. The molecular formula is C25H24N6O3. The number of aryl methyl sites for hydroxylation is 1. The number of benzene rings is 1. The van der Waals surface area contributed by atoms with Crippen LogP contribution in [0.5, 0.6) is 0 Å². The van der Waals surface area contributed by atoms with Gasteiger partial charge in [-0.2, -0.15) is 10.2 Å². The highest BCUT2D eigenvalue weighted by molar-refractivity contribution is 5.94. The normalized spacial score (nSPS) is 11.8. The first-order valence-corrected chi connectivity index (χ1v) is 11.0. The molecule has 1 aromatic carbocycles. The molecule has 0 N–H and O–H groups in total. The van der Waals surface area contributed by atoms with Gasteiger partial charge in [0.15, 0.2) is 0 Å². The topological polar surface area (TPSA) is 118 Å². The highest BCUT2D eigenvalue weighted by Gasteiger charge is 2.30. The predicted octanol–water partition coefficient (Wildman–Crippen LogP) is 3.64. The van der Waals surface area contributed by atoms with E-state index in [1.807, 2.05) is 37.3 Å². The Balaban J connectivity index is 1.88. The van der Waals surface area contributed by atoms with E-state index in [4.69, 9.17) is 4.52 Å². The van der Waals surface area contributed by atoms with Gasteiger partial charge in [-0.3, -0.25) is 19.1 Å². The standard InChI is InChI=1S/C25H24N6O3/c1-3-20(30(14-8-12-26)24(32)19-11-7-13-27-15-19)22-28-23-21(17(2)29-34-23)25(33)31(22)16-18-9-5-4-6-10-18/h4-7,9-11,13,15,20H,3,8,14,16H2,1-2H3. The minimum atomic E-state index is -0.577. The van der Waals surface area contributed by atoms with Crippen LogP contribution in [-0.4, -0.2) is 37.0 Å². The van der Waals surface area contributed by atoms with Crippen molar-refractivity contribution in [3.8, 4) is 6.07 Å². The van der Waals surface area contributed by atoms with Gasteiger partial charge in [-0.25, -0.2) is 0 Å². The molecule has 1 amide bonds. The van der Waals surface area contributed by atoms with Crippen LogP contribution in [0.1, 0.15) is 53.2 Å². The third-order valence-corrected chi connectivity index (χ3v) is 5.67. The summed E-state index contributed by atoms with van der Waals surface area (Å²) < 4.78 is 6.91. The van der Waals surface area contributed by atoms with Gasteiger partial charge in [-0.1, -0.05) is 42.4 Å². The highest BCUT2D eigenvalue weighted by atomic mass is 16.5. The van der Waals surface area contributed by atoms with Gasteiger partial charge in [0, 0.05) is 18.9 Å². The number of hydrogen-bond acceptors (Lipinski definition) is 7. The van der Waals surface area contributed by atoms with Gasteiger partial charge in [0.05, 0.1) is 36.3 Å². The van der Waals surface area contributed by atoms with Crippen molar-refractivity contribution in [1.82, 2.24) is 24.6 Å². The number of carbonyl (C=O) groups excluding carboxylic acids is 1. The summed E-state index contributed by atoms with van der Waals surface area (Å²) in [5.41, 5.74) is 1.62. The fraction of sp³-hybridized carbons (Fsp3) is 0.280. The third kappa shape index (κ3) is 4.43. The molecule has 4 rings (SSSR count). The van der Waals surface area contributed by atoms with Gasteiger partial charge in [-0.15, -0.1) is 0 Å². The lowest BCUT2D eigenvalue weighted by Crippen LogP contribution is -2.39. The molecule has 3 aromatic heterocycles. The van der Waals surface area contributed by atoms with Gasteiger partial charge in [0.25, 0.3) is 17.2 Å². The quantitative estimate of drug-likeness (QED) is 0.397. The largest absolute Gasteiger partial charge is 0.335 e. The zero-order chi connectivity index (χ0) is 24.1. The minimum Gasteiger partial charge on any atom is -0.335 e. The Labute approximate surface area is 196 Å². The molecule has 0 bridgehead atoms. The summed E-state index contributed by atoms with van der Waals surface area (Å²) in [6, 6.07) is 14.5. The first-order chi connectivity index (χ1) is 16.5. The molecule has 9 nitrogen and oxygen atoms in total. The fourth-order valence-corrected chi connectivity index (χ4v) is 4.02. The molecule has 0 saturated carbocycles. The molecule has 1 unspecified atom stereocenters. The van der Waals surface area contributed by atoms with E-state index in [2.05, 4.69) is 21.2 Å². The average molecular weight is 457 g/mol. The summed E-state index contributed by atoms with van der Waals surface area (Å²) in [5.74, 6) is 0.0970. The summed E-state index contributed by atoms with van der Waals surface area (Å²) in [4.78, 5) is 37.4. The molecule has 3 heterocycles. The number of hydrogen-bond donors (Lipinski definition) is 0. The Morgan fingerprint density at radius 1 is 1.24 bits per heavy atom. The smallest absolute Gasteiger partial charge is 0.267 e. The summed E-state index contributed by atoms with van der Waals surface area (Å²) in [7, 11) is 0. The fourth-order valence-electron chi connectivity index (χ4n) is 4.02. The summed E-state index contributed by atoms with van der Waals surface area (Å²) in [6.45, 7) is 4.06. The van der Waals surface area contributed by atoms with E-state index in [1.54, 1.807) is 34.7 Å². The lowest BCUT2D eigenvalue weighted by atomic mass is 10.1. The van der Waals surface area contributed by atoms with E-state index in [-0.39, 0.29) is 36.7 Å². The molecule has 0 saturated heterocycles. The maximum atomic E-state index is 13.6. The van der Waals surface area contributed by atoms with Crippen molar-refractivity contribution in [1.29, 1.82) is 5.26 Å². The van der Waals surface area contributed by atoms with E-state index in [9.17, 15) is 14.9 Å². The van der Waals surface area contributed by atoms with E-state index < -0.39 is 6.04 Å². The molecule has 0 spiro atoms. The Morgan fingerprint density at radius 3 is 2.71 bits per heavy atom. The second-order valence-electron chi connectivity index (χ2n) is 7.87. The van der Waals surface area contributed by atoms with Crippen LogP contribution in [0.15, 0.2) is 64.2 Å². The number of nitrogens with zero attached hydrogens (tertiary/aromatic N) is 6. The van der Waals surface area contributed by atoms with Crippen molar-refractivity contribution in [2.75, 3.05) is 6.54 Å². The van der Waals surface area contributed by atoms with Crippen LogP contribution < -0.4 is 5.56 Å². The highest BCUT2D eigenvalue weighted by Crippen LogP contribution is 2.27. The molecule has 34 heavy (non-hydrogen) atoms. The van der Waals surface area contributed by atoms with Crippen LogP contribution in [0.25, 0.3) is 11.1 Å². The van der Waals surface area contributed by atoms with E-state index in [0.29, 0.717) is 28.9 Å². The molecule has 0 fully saturated rings. The molecule has 1 atom stereocenters. The number of carbonyl (C=O) groups is 1. The zero-order valence-corrected chi connectivity index (χ0v) is 19.0. The van der Waals surface area contributed by atoms with Crippen LogP contribution in [0, 0.1) is 18.3 Å². The van der Waals surface area contributed by atoms with E-state index in [0.717, 1.165) is 5.56 Å². The van der Waals surface area contributed by atoms with Crippen LogP contribution in [0.3, 0.4) is 0 Å². The number of pyridine rings is 1. The van der Waals surface area contributed by atoms with Crippen LogP contribution in [0.2, 0.25) is 0 Å². The molecular weight excluding hydrogens is 432 g/mol. The molecule has 0 radical (unpaired) electrons. The van der Waals surface area contributed by atoms with Crippen LogP contribution in [0.4, 0.5) is 0 Å². The average Bonchev–Trinajstić information content (AvgIpc) is 3.25. The second kappa shape index (κ2) is 10.1. The Morgan fingerprint density at radius 2 is 2.03 bits per heavy atom. The van der Waals surface area contributed by atoms with E-state index >= 15 is 0 Å². The van der Waals surface area contributed by atoms with Crippen molar-refractivity contribution in [2.24, 2.45) is 0 Å². The zero-order valence-electron chi connectivity index (χ0n) is 19.0. The first kappa shape index (κ1) is 22.9. The van der Waals surface area contributed by atoms with E-state index in [1.165, 1.54) is 6.20 Å². The maximum Gasteiger partial charge on any atom is 0.267 e. The maximum absolute atomic E-state index is 13.6. The molecule has 0 aliphatic carbocycles. The van der Waals surface area contributed by atoms with Crippen molar-refractivity contribution < 1.29 is 9.32 Å². The number of amides is 1. The van der Waals surface area contributed by atoms with Gasteiger partial charge in [-0.05, 0) is 31.0 Å². The Bertz CT molecular complexity index is 1390. The van der Waals surface area contributed by atoms with Gasteiger partial charge in [0.1, 0.15) is 11.2 Å². The van der Waals surface area contributed by atoms with Crippen LogP contribution in [-0.2, 0) is 6.54 Å². The van der Waals surface area contributed by atoms with Gasteiger partial charge in [0.2, 0.25) is 0 Å². The van der Waals surface area contributed by atoms with Crippen molar-refractivity contribution >= 4 is 17.0 Å². The third-order valence-electron chi connectivity index (χ3n) is 5.67. The van der Waals surface area contributed by atoms with Crippen molar-refractivity contribution in [3.05, 3.63) is 87.9 Å². The molecule has 4 aromatic rings.